The van der Waals surface area contributed by atoms with Crippen LogP contribution in [0.25, 0.3) is 10.9 Å². The normalized spacial score (nSPS) is 16.2. The minimum Gasteiger partial charge on any atom is -0.489 e. The van der Waals surface area contributed by atoms with Crippen molar-refractivity contribution in [2.24, 2.45) is 5.73 Å². The monoisotopic (exact) mass is 271 g/mol. The van der Waals surface area contributed by atoms with E-state index in [0.717, 1.165) is 36.8 Å². The molecule has 1 aliphatic heterocycles. The van der Waals surface area contributed by atoms with Crippen molar-refractivity contribution in [1.29, 1.82) is 0 Å². The van der Waals surface area contributed by atoms with Crippen LogP contribution in [-0.4, -0.2) is 30.1 Å². The lowest BCUT2D eigenvalue weighted by Crippen LogP contribution is -2.34. The molecule has 1 aliphatic rings. The predicted octanol–water partition coefficient (Wildman–Crippen LogP) is 1.46. The molecule has 1 aromatic carbocycles. The van der Waals surface area contributed by atoms with E-state index in [0.29, 0.717) is 11.3 Å². The highest BCUT2D eigenvalue weighted by Crippen LogP contribution is 2.30. The molecular weight excluding hydrogens is 254 g/mol. The number of carbonyl (C=O) groups excluding carboxylic acids is 1. The van der Waals surface area contributed by atoms with Crippen LogP contribution in [0.15, 0.2) is 30.5 Å². The maximum Gasteiger partial charge on any atom is 0.254 e. The first kappa shape index (κ1) is 12.9. The second-order valence-corrected chi connectivity index (χ2v) is 4.95. The zero-order valence-electron chi connectivity index (χ0n) is 11.1. The molecule has 0 saturated carbocycles. The van der Waals surface area contributed by atoms with Crippen LogP contribution in [0.5, 0.6) is 5.75 Å². The van der Waals surface area contributed by atoms with Crippen LogP contribution < -0.4 is 15.8 Å². The molecule has 5 nitrogen and oxygen atoms in total. The van der Waals surface area contributed by atoms with Crippen molar-refractivity contribution in [2.45, 2.75) is 18.9 Å². The molecule has 2 heterocycles. The second kappa shape index (κ2) is 5.46. The summed E-state index contributed by atoms with van der Waals surface area (Å²) in [6.07, 6.45) is 3.46. The first-order chi connectivity index (χ1) is 9.75. The minimum atomic E-state index is -0.507. The number of aromatic nitrogens is 1. The molecule has 1 fully saturated rings. The average molecular weight is 271 g/mol. The van der Waals surface area contributed by atoms with Gasteiger partial charge in [0, 0.05) is 11.6 Å². The number of piperidine rings is 1. The van der Waals surface area contributed by atoms with E-state index in [4.69, 9.17) is 10.5 Å². The summed E-state index contributed by atoms with van der Waals surface area (Å²) in [4.78, 5) is 15.9. The van der Waals surface area contributed by atoms with Gasteiger partial charge in [-0.2, -0.15) is 0 Å². The lowest BCUT2D eigenvalue weighted by Gasteiger charge is -2.25. The quantitative estimate of drug-likeness (QED) is 0.886. The van der Waals surface area contributed by atoms with Crippen LogP contribution in [0.3, 0.4) is 0 Å². The van der Waals surface area contributed by atoms with Gasteiger partial charge in [-0.15, -0.1) is 0 Å². The van der Waals surface area contributed by atoms with Crippen molar-refractivity contribution in [3.05, 3.63) is 36.0 Å². The SMILES string of the molecule is NC(=O)c1cnc2ccccc2c1OC1CCNCC1. The van der Waals surface area contributed by atoms with E-state index in [1.54, 1.807) is 0 Å². The zero-order chi connectivity index (χ0) is 13.9. The number of carbonyl (C=O) groups is 1. The first-order valence-electron chi connectivity index (χ1n) is 6.80. The van der Waals surface area contributed by atoms with E-state index in [1.165, 1.54) is 6.20 Å². The number of nitrogens with one attached hydrogen (secondary N) is 1. The highest BCUT2D eigenvalue weighted by molar-refractivity contribution is 6.01. The number of primary amides is 1. The summed E-state index contributed by atoms with van der Waals surface area (Å²) >= 11 is 0. The molecule has 5 heteroatoms. The Morgan fingerprint density at radius 3 is 2.80 bits per heavy atom. The number of benzene rings is 1. The average Bonchev–Trinajstić information content (AvgIpc) is 2.48. The van der Waals surface area contributed by atoms with Crippen LogP contribution in [0, 0.1) is 0 Å². The number of hydrogen-bond donors (Lipinski definition) is 2. The van der Waals surface area contributed by atoms with Crippen LogP contribution in [0.4, 0.5) is 0 Å². The van der Waals surface area contributed by atoms with Gasteiger partial charge in [0.25, 0.3) is 5.91 Å². The number of fused-ring (bicyclic) bond motifs is 1. The Kier molecular flexibility index (Phi) is 3.52. The van der Waals surface area contributed by atoms with Gasteiger partial charge in [0.1, 0.15) is 17.4 Å². The molecule has 0 atom stereocenters. The number of pyridine rings is 1. The summed E-state index contributed by atoms with van der Waals surface area (Å²) in [7, 11) is 0. The Bertz CT molecular complexity index is 636. The number of hydrogen-bond acceptors (Lipinski definition) is 4. The van der Waals surface area contributed by atoms with Crippen molar-refractivity contribution in [2.75, 3.05) is 13.1 Å². The standard InChI is InChI=1S/C15H17N3O2/c16-15(19)12-9-18-13-4-2-1-3-11(13)14(12)20-10-5-7-17-8-6-10/h1-4,9-10,17H,5-8H2,(H2,16,19). The highest BCUT2D eigenvalue weighted by Gasteiger charge is 2.20. The Balaban J connectivity index is 2.04. The number of nitrogens with zero attached hydrogens (tertiary/aromatic N) is 1. The highest BCUT2D eigenvalue weighted by atomic mass is 16.5. The Morgan fingerprint density at radius 2 is 2.05 bits per heavy atom. The third kappa shape index (κ3) is 2.44. The van der Waals surface area contributed by atoms with Crippen LogP contribution in [0.2, 0.25) is 0 Å². The molecular formula is C15H17N3O2. The fourth-order valence-electron chi connectivity index (χ4n) is 2.50. The van der Waals surface area contributed by atoms with Crippen molar-refractivity contribution >= 4 is 16.8 Å². The van der Waals surface area contributed by atoms with Gasteiger partial charge >= 0.3 is 0 Å². The fraction of sp³-hybridized carbons (Fsp3) is 0.333. The maximum atomic E-state index is 11.6. The van der Waals surface area contributed by atoms with Gasteiger partial charge in [0.2, 0.25) is 0 Å². The summed E-state index contributed by atoms with van der Waals surface area (Å²) in [5.74, 6) is 0.0576. The van der Waals surface area contributed by atoms with E-state index < -0.39 is 5.91 Å². The number of rotatable bonds is 3. The maximum absolute atomic E-state index is 11.6. The number of nitrogens with two attached hydrogens (primary N) is 1. The molecule has 104 valence electrons. The van der Waals surface area contributed by atoms with Gasteiger partial charge in [0.15, 0.2) is 0 Å². The van der Waals surface area contributed by atoms with Gasteiger partial charge in [0.05, 0.1) is 5.52 Å². The van der Waals surface area contributed by atoms with E-state index >= 15 is 0 Å². The van der Waals surface area contributed by atoms with Gasteiger partial charge < -0.3 is 15.8 Å². The van der Waals surface area contributed by atoms with E-state index in [2.05, 4.69) is 10.3 Å². The van der Waals surface area contributed by atoms with E-state index in [-0.39, 0.29) is 6.10 Å². The smallest absolute Gasteiger partial charge is 0.254 e. The molecule has 3 rings (SSSR count). The van der Waals surface area contributed by atoms with E-state index in [1.807, 2.05) is 24.3 Å². The molecule has 2 aromatic rings. The summed E-state index contributed by atoms with van der Waals surface area (Å²) < 4.78 is 6.08. The van der Waals surface area contributed by atoms with Crippen LogP contribution >= 0.6 is 0 Å². The third-order valence-electron chi connectivity index (χ3n) is 3.56. The molecule has 0 aliphatic carbocycles. The van der Waals surface area contributed by atoms with E-state index in [9.17, 15) is 4.79 Å². The Hall–Kier alpha value is -2.14. The van der Waals surface area contributed by atoms with Gasteiger partial charge in [-0.1, -0.05) is 12.1 Å². The largest absolute Gasteiger partial charge is 0.489 e. The van der Waals surface area contributed by atoms with Crippen LogP contribution in [-0.2, 0) is 0 Å². The van der Waals surface area contributed by atoms with Crippen molar-refractivity contribution in [3.8, 4) is 5.75 Å². The molecule has 0 bridgehead atoms. The summed E-state index contributed by atoms with van der Waals surface area (Å²) in [6, 6.07) is 7.62. The number of para-hydroxylation sites is 1. The first-order valence-corrected chi connectivity index (χ1v) is 6.80. The predicted molar refractivity (Wildman–Crippen MR) is 76.8 cm³/mol. The Morgan fingerprint density at radius 1 is 1.30 bits per heavy atom. The Labute approximate surface area is 117 Å². The molecule has 1 saturated heterocycles. The summed E-state index contributed by atoms with van der Waals surface area (Å²) in [5, 5.41) is 4.13. The number of amides is 1. The fourth-order valence-corrected chi connectivity index (χ4v) is 2.50. The van der Waals surface area contributed by atoms with Crippen molar-refractivity contribution < 1.29 is 9.53 Å². The second-order valence-electron chi connectivity index (χ2n) is 4.95. The zero-order valence-corrected chi connectivity index (χ0v) is 11.1. The molecule has 20 heavy (non-hydrogen) atoms. The summed E-state index contributed by atoms with van der Waals surface area (Å²) in [6.45, 7) is 1.86. The molecule has 1 amide bonds. The lowest BCUT2D eigenvalue weighted by atomic mass is 10.1. The summed E-state index contributed by atoms with van der Waals surface area (Å²) in [5.41, 5.74) is 6.60. The topological polar surface area (TPSA) is 77.2 Å². The van der Waals surface area contributed by atoms with Gasteiger partial charge in [-0.05, 0) is 38.1 Å². The molecule has 0 spiro atoms. The molecule has 3 N–H and O–H groups in total. The van der Waals surface area contributed by atoms with Gasteiger partial charge in [-0.25, -0.2) is 0 Å². The van der Waals surface area contributed by atoms with Crippen LogP contribution in [0.1, 0.15) is 23.2 Å². The van der Waals surface area contributed by atoms with Crippen molar-refractivity contribution in [3.63, 3.8) is 0 Å². The van der Waals surface area contributed by atoms with Crippen molar-refractivity contribution in [1.82, 2.24) is 10.3 Å². The molecule has 1 aromatic heterocycles. The van der Waals surface area contributed by atoms with Gasteiger partial charge in [-0.3, -0.25) is 9.78 Å². The minimum absolute atomic E-state index is 0.111. The molecule has 0 radical (unpaired) electrons. The molecule has 0 unspecified atom stereocenters. The third-order valence-corrected chi connectivity index (χ3v) is 3.56. The number of ether oxygens (including phenoxy) is 1. The lowest BCUT2D eigenvalue weighted by molar-refractivity contribution is 0.0990.